The number of rotatable bonds is 6. The first kappa shape index (κ1) is 15.2. The molecule has 0 bridgehead atoms. The number of nitrogens with zero attached hydrogens (tertiary/aromatic N) is 4. The molecule has 1 atom stereocenters. The number of nitrogens with one attached hydrogen (secondary N) is 1. The Balaban J connectivity index is 1.84. The molecule has 1 saturated carbocycles. The molecule has 7 nitrogen and oxygen atoms in total. The van der Waals surface area contributed by atoms with Gasteiger partial charge in [-0.2, -0.15) is 4.80 Å². The minimum Gasteiger partial charge on any atom is -0.213 e. The van der Waals surface area contributed by atoms with Gasteiger partial charge in [-0.05, 0) is 18.1 Å². The topological polar surface area (TPSA) is 89.8 Å². The van der Waals surface area contributed by atoms with Crippen LogP contribution >= 0.6 is 0 Å². The summed E-state index contributed by atoms with van der Waals surface area (Å²) in [5.74, 6) is -4.52. The van der Waals surface area contributed by atoms with Crippen LogP contribution in [0.2, 0.25) is 0 Å². The quantitative estimate of drug-likeness (QED) is 0.822. The SMILES string of the molecule is O=S(=O)(CC1CCCCC1(F)F)NCCn1ncnn1. The third-order valence-corrected chi connectivity index (χ3v) is 4.84. The fourth-order valence-electron chi connectivity index (χ4n) is 2.29. The molecule has 114 valence electrons. The molecule has 1 aliphatic rings. The second-order valence-corrected chi connectivity index (χ2v) is 6.76. The number of hydrogen-bond acceptors (Lipinski definition) is 5. The van der Waals surface area contributed by atoms with Crippen LogP contribution in [0.25, 0.3) is 0 Å². The summed E-state index contributed by atoms with van der Waals surface area (Å²) in [5.41, 5.74) is 0. The van der Waals surface area contributed by atoms with Gasteiger partial charge in [0.2, 0.25) is 10.0 Å². The molecule has 1 aliphatic carbocycles. The molecular weight excluding hydrogens is 292 g/mol. The average molecular weight is 309 g/mol. The van der Waals surface area contributed by atoms with Crippen molar-refractivity contribution in [1.29, 1.82) is 0 Å². The monoisotopic (exact) mass is 309 g/mol. The van der Waals surface area contributed by atoms with Gasteiger partial charge in [0.15, 0.2) is 6.33 Å². The van der Waals surface area contributed by atoms with Crippen LogP contribution in [-0.2, 0) is 16.6 Å². The zero-order valence-corrected chi connectivity index (χ0v) is 11.7. The maximum absolute atomic E-state index is 13.6. The van der Waals surface area contributed by atoms with Gasteiger partial charge in [-0.15, -0.1) is 10.2 Å². The Morgan fingerprint density at radius 2 is 2.20 bits per heavy atom. The number of sulfonamides is 1. The number of alkyl halides is 2. The summed E-state index contributed by atoms with van der Waals surface area (Å²) in [6.07, 6.45) is 2.36. The summed E-state index contributed by atoms with van der Waals surface area (Å²) >= 11 is 0. The predicted molar refractivity (Wildman–Crippen MR) is 66.5 cm³/mol. The van der Waals surface area contributed by atoms with Crippen LogP contribution in [0.5, 0.6) is 0 Å². The van der Waals surface area contributed by atoms with Crippen molar-refractivity contribution >= 4 is 10.0 Å². The highest BCUT2D eigenvalue weighted by Gasteiger charge is 2.43. The molecular formula is C10H17F2N5O2S. The van der Waals surface area contributed by atoms with Crippen LogP contribution in [0, 0.1) is 5.92 Å². The van der Waals surface area contributed by atoms with E-state index in [4.69, 9.17) is 0 Å². The van der Waals surface area contributed by atoms with Gasteiger partial charge in [-0.1, -0.05) is 6.42 Å². The van der Waals surface area contributed by atoms with E-state index >= 15 is 0 Å². The highest BCUT2D eigenvalue weighted by molar-refractivity contribution is 7.89. The normalized spacial score (nSPS) is 22.8. The van der Waals surface area contributed by atoms with E-state index in [-0.39, 0.29) is 25.9 Å². The van der Waals surface area contributed by atoms with Crippen molar-refractivity contribution in [1.82, 2.24) is 24.9 Å². The maximum Gasteiger partial charge on any atom is 0.251 e. The van der Waals surface area contributed by atoms with E-state index < -0.39 is 27.6 Å². The smallest absolute Gasteiger partial charge is 0.213 e. The van der Waals surface area contributed by atoms with Gasteiger partial charge >= 0.3 is 0 Å². The second-order valence-electron chi connectivity index (χ2n) is 4.91. The van der Waals surface area contributed by atoms with Gasteiger partial charge < -0.3 is 0 Å². The second kappa shape index (κ2) is 6.08. The first-order valence-electron chi connectivity index (χ1n) is 6.45. The first-order chi connectivity index (χ1) is 9.39. The van der Waals surface area contributed by atoms with Crippen molar-refractivity contribution in [3.63, 3.8) is 0 Å². The van der Waals surface area contributed by atoms with Gasteiger partial charge in [0.05, 0.1) is 12.3 Å². The van der Waals surface area contributed by atoms with Crippen LogP contribution in [0.15, 0.2) is 6.33 Å². The number of hydrogen-bond donors (Lipinski definition) is 1. The molecule has 1 fully saturated rings. The van der Waals surface area contributed by atoms with Crippen LogP contribution < -0.4 is 4.72 Å². The summed E-state index contributed by atoms with van der Waals surface area (Å²) < 4.78 is 53.1. The Morgan fingerprint density at radius 1 is 1.40 bits per heavy atom. The van der Waals surface area contributed by atoms with E-state index in [0.29, 0.717) is 12.8 Å². The molecule has 1 aromatic heterocycles. The summed E-state index contributed by atoms with van der Waals surface area (Å²) in [6, 6.07) is 0. The van der Waals surface area contributed by atoms with Crippen LogP contribution in [0.4, 0.5) is 8.78 Å². The van der Waals surface area contributed by atoms with E-state index in [0.717, 1.165) is 0 Å². The Hall–Kier alpha value is -1.16. The van der Waals surface area contributed by atoms with Crippen molar-refractivity contribution in [3.05, 3.63) is 6.33 Å². The lowest BCUT2D eigenvalue weighted by Gasteiger charge is -2.30. The van der Waals surface area contributed by atoms with E-state index in [1.807, 2.05) is 0 Å². The van der Waals surface area contributed by atoms with Crippen molar-refractivity contribution in [2.75, 3.05) is 12.3 Å². The van der Waals surface area contributed by atoms with E-state index in [9.17, 15) is 17.2 Å². The summed E-state index contributed by atoms with van der Waals surface area (Å²) in [5, 5.41) is 10.8. The van der Waals surface area contributed by atoms with Gasteiger partial charge in [-0.25, -0.2) is 21.9 Å². The third kappa shape index (κ3) is 4.17. The minimum atomic E-state index is -3.72. The van der Waals surface area contributed by atoms with Crippen molar-refractivity contribution < 1.29 is 17.2 Å². The first-order valence-corrected chi connectivity index (χ1v) is 8.10. The summed E-state index contributed by atoms with van der Waals surface area (Å²) in [6.45, 7) is 0.261. The Morgan fingerprint density at radius 3 is 2.85 bits per heavy atom. The molecule has 20 heavy (non-hydrogen) atoms. The van der Waals surface area contributed by atoms with E-state index in [1.165, 1.54) is 11.1 Å². The van der Waals surface area contributed by atoms with Gasteiger partial charge in [0, 0.05) is 18.9 Å². The van der Waals surface area contributed by atoms with Crippen LogP contribution in [0.1, 0.15) is 25.7 Å². The van der Waals surface area contributed by atoms with Crippen molar-refractivity contribution in [2.45, 2.75) is 38.2 Å². The lowest BCUT2D eigenvalue weighted by molar-refractivity contribution is -0.0771. The van der Waals surface area contributed by atoms with Crippen molar-refractivity contribution in [3.8, 4) is 0 Å². The lowest BCUT2D eigenvalue weighted by Crippen LogP contribution is -2.40. The van der Waals surface area contributed by atoms with Crippen molar-refractivity contribution in [2.24, 2.45) is 5.92 Å². The van der Waals surface area contributed by atoms with E-state index in [1.54, 1.807) is 0 Å². The minimum absolute atomic E-state index is 0.0526. The molecule has 1 N–H and O–H groups in total. The molecule has 2 rings (SSSR count). The van der Waals surface area contributed by atoms with Gasteiger partial charge in [0.25, 0.3) is 5.92 Å². The Kier molecular flexibility index (Phi) is 4.63. The predicted octanol–water partition coefficient (Wildman–Crippen LogP) is 0.418. The number of tetrazole rings is 1. The van der Waals surface area contributed by atoms with Crippen LogP contribution in [0.3, 0.4) is 0 Å². The van der Waals surface area contributed by atoms with E-state index in [2.05, 4.69) is 20.1 Å². The highest BCUT2D eigenvalue weighted by atomic mass is 32.2. The molecule has 0 spiro atoms. The average Bonchev–Trinajstić information content (AvgIpc) is 2.84. The third-order valence-electron chi connectivity index (χ3n) is 3.36. The molecule has 0 saturated heterocycles. The molecule has 0 amide bonds. The number of halogens is 2. The Bertz CT molecular complexity index is 520. The highest BCUT2D eigenvalue weighted by Crippen LogP contribution is 2.38. The molecule has 1 aromatic rings. The maximum atomic E-state index is 13.6. The molecule has 1 unspecified atom stereocenters. The molecule has 10 heteroatoms. The zero-order chi connectivity index (χ0) is 14.6. The molecule has 0 radical (unpaired) electrons. The number of aromatic nitrogens is 4. The standard InChI is InChI=1S/C10H17F2N5O2S/c11-10(12)4-2-1-3-9(10)7-20(18,19)15-5-6-17-14-8-13-16-17/h8-9,15H,1-7H2. The summed E-state index contributed by atoms with van der Waals surface area (Å²) in [7, 11) is -3.72. The van der Waals surface area contributed by atoms with Gasteiger partial charge in [0.1, 0.15) is 0 Å². The molecule has 0 aliphatic heterocycles. The van der Waals surface area contributed by atoms with Gasteiger partial charge in [-0.3, -0.25) is 0 Å². The van der Waals surface area contributed by atoms with Crippen LogP contribution in [-0.4, -0.2) is 46.8 Å². The fraction of sp³-hybridized carbons (Fsp3) is 0.900. The summed E-state index contributed by atoms with van der Waals surface area (Å²) in [4.78, 5) is 1.22. The Labute approximate surface area is 115 Å². The fourth-order valence-corrected chi connectivity index (χ4v) is 3.75. The molecule has 1 heterocycles. The largest absolute Gasteiger partial charge is 0.251 e. The lowest BCUT2D eigenvalue weighted by atomic mass is 9.87. The molecule has 0 aromatic carbocycles. The zero-order valence-electron chi connectivity index (χ0n) is 10.9.